The Labute approximate surface area is 259 Å². The first-order valence-electron chi connectivity index (χ1n) is 15.8. The summed E-state index contributed by atoms with van der Waals surface area (Å²) in [5.74, 6) is -0.969. The highest BCUT2D eigenvalue weighted by Crippen LogP contribution is 2.24. The fourth-order valence-corrected chi connectivity index (χ4v) is 5.35. The first-order chi connectivity index (χ1) is 21.0. The molecular formula is C28H55N6O10+. The first kappa shape index (κ1) is 38.2. The quantitative estimate of drug-likeness (QED) is 0.0430. The number of β-amino-alcohol motifs (C(OH)–C–C–N with tert-alkyl or cyclic N) is 4. The van der Waals surface area contributed by atoms with Gasteiger partial charge in [-0.05, 0) is 25.7 Å². The van der Waals surface area contributed by atoms with E-state index in [1.165, 1.54) is 0 Å². The van der Waals surface area contributed by atoms with Gasteiger partial charge in [0.1, 0.15) is 0 Å². The van der Waals surface area contributed by atoms with Gasteiger partial charge in [0.15, 0.2) is 19.3 Å². The van der Waals surface area contributed by atoms with E-state index < -0.39 is 25.0 Å². The van der Waals surface area contributed by atoms with Gasteiger partial charge < -0.3 is 41.3 Å². The summed E-state index contributed by atoms with van der Waals surface area (Å²) in [4.78, 5) is 41.0. The zero-order valence-electron chi connectivity index (χ0n) is 25.9. The van der Waals surface area contributed by atoms with Crippen molar-refractivity contribution < 1.29 is 54.2 Å². The number of ether oxygens (including phenoxy) is 1. The molecule has 2 rings (SSSR count). The molecule has 1 spiro atoms. The summed E-state index contributed by atoms with van der Waals surface area (Å²) in [5, 5.41) is 63.1. The lowest BCUT2D eigenvalue weighted by Gasteiger charge is -2.49. The maximum Gasteiger partial charge on any atom is 0.312 e. The standard InChI is InChI=1S/C28H54N6O10/c35-23(29-9-6-2-4-8-25(37)38)7-3-1-5-10-30-24(36)19-32-13-11-31(20-26(39)40)12-14-33(21-27(41)42)16-18-34(17-15-32)22-44-28(34)43/h26-28,39-43H,1-22H2,(H2-,29,30,35,36,37,38)/p+1. The van der Waals surface area contributed by atoms with Crippen molar-refractivity contribution >= 4 is 17.8 Å². The zero-order valence-corrected chi connectivity index (χ0v) is 25.9. The van der Waals surface area contributed by atoms with Gasteiger partial charge in [0.25, 0.3) is 0 Å². The Hall–Kier alpha value is -1.99. The summed E-state index contributed by atoms with van der Waals surface area (Å²) in [6.07, 6.45) is 0.885. The van der Waals surface area contributed by atoms with Crippen molar-refractivity contribution in [3.05, 3.63) is 0 Å². The normalized spacial score (nSPS) is 22.8. The number of hydrogen-bond donors (Lipinski definition) is 8. The number of quaternary nitrogens is 1. The number of carbonyl (C=O) groups excluding carboxylic acids is 2. The number of amides is 2. The number of carbonyl (C=O) groups is 3. The van der Waals surface area contributed by atoms with E-state index in [0.29, 0.717) is 91.4 Å². The van der Waals surface area contributed by atoms with Crippen LogP contribution < -0.4 is 10.6 Å². The predicted molar refractivity (Wildman–Crippen MR) is 158 cm³/mol. The maximum atomic E-state index is 12.8. The molecule has 2 saturated heterocycles. The average molecular weight is 636 g/mol. The van der Waals surface area contributed by atoms with Gasteiger partial charge in [-0.1, -0.05) is 12.8 Å². The lowest BCUT2D eigenvalue weighted by molar-refractivity contribution is -1.07. The zero-order chi connectivity index (χ0) is 32.4. The molecule has 0 bridgehead atoms. The van der Waals surface area contributed by atoms with Crippen LogP contribution in [0, 0.1) is 0 Å². The molecule has 8 N–H and O–H groups in total. The van der Waals surface area contributed by atoms with Crippen molar-refractivity contribution in [2.24, 2.45) is 0 Å². The number of carboxylic acids is 1. The fraction of sp³-hybridized carbons (Fsp3) is 0.893. The molecule has 2 aliphatic heterocycles. The Morgan fingerprint density at radius 3 is 1.70 bits per heavy atom. The summed E-state index contributed by atoms with van der Waals surface area (Å²) in [6.45, 7) is 5.42. The number of nitrogens with one attached hydrogen (secondary N) is 2. The minimum atomic E-state index is -1.53. The third-order valence-corrected chi connectivity index (χ3v) is 8.14. The van der Waals surface area contributed by atoms with Crippen molar-refractivity contribution in [3.63, 3.8) is 0 Å². The largest absolute Gasteiger partial charge is 0.481 e. The predicted octanol–water partition coefficient (Wildman–Crippen LogP) is -2.95. The van der Waals surface area contributed by atoms with E-state index in [9.17, 15) is 39.9 Å². The van der Waals surface area contributed by atoms with Gasteiger partial charge >= 0.3 is 12.4 Å². The molecule has 2 atom stereocenters. The van der Waals surface area contributed by atoms with Crippen LogP contribution >= 0.6 is 0 Å². The Kier molecular flexibility index (Phi) is 18.2. The SMILES string of the molecule is O=C(O)CCCCCNC(=O)CCCCCNC(=O)CN1CCN(CC(O)O)CCN(CC(O)O)CC[N+]2(CC1)COC2O. The molecule has 0 radical (unpaired) electrons. The lowest BCUT2D eigenvalue weighted by Crippen LogP contribution is -2.70. The minimum absolute atomic E-state index is 0.0208. The second-order valence-electron chi connectivity index (χ2n) is 11.8. The Morgan fingerprint density at radius 1 is 0.705 bits per heavy atom. The van der Waals surface area contributed by atoms with Crippen LogP contribution in [0.2, 0.25) is 0 Å². The van der Waals surface area contributed by atoms with E-state index in [2.05, 4.69) is 10.6 Å². The molecule has 2 fully saturated rings. The van der Waals surface area contributed by atoms with Gasteiger partial charge in [-0.25, -0.2) is 4.48 Å². The van der Waals surface area contributed by atoms with Gasteiger partial charge in [0, 0.05) is 78.3 Å². The molecule has 2 amide bonds. The second-order valence-corrected chi connectivity index (χ2v) is 11.8. The summed E-state index contributed by atoms with van der Waals surface area (Å²) in [7, 11) is 0. The Balaban J connectivity index is 1.76. The Bertz CT molecular complexity index is 854. The molecule has 0 aromatic rings. The van der Waals surface area contributed by atoms with Crippen LogP contribution in [-0.4, -0.2) is 178 Å². The number of rotatable bonds is 18. The van der Waals surface area contributed by atoms with Crippen LogP contribution in [0.1, 0.15) is 51.4 Å². The molecule has 2 heterocycles. The monoisotopic (exact) mass is 635 g/mol. The summed E-state index contributed by atoms with van der Waals surface area (Å²) < 4.78 is 5.57. The fourth-order valence-electron chi connectivity index (χ4n) is 5.35. The van der Waals surface area contributed by atoms with E-state index in [1.54, 1.807) is 0 Å². The van der Waals surface area contributed by atoms with E-state index >= 15 is 0 Å². The van der Waals surface area contributed by atoms with E-state index in [1.807, 2.05) is 14.7 Å². The van der Waals surface area contributed by atoms with Crippen molar-refractivity contribution in [2.75, 3.05) is 91.8 Å². The van der Waals surface area contributed by atoms with Crippen molar-refractivity contribution in [1.82, 2.24) is 25.3 Å². The third-order valence-electron chi connectivity index (χ3n) is 8.14. The van der Waals surface area contributed by atoms with Gasteiger partial charge in [0.2, 0.25) is 11.8 Å². The van der Waals surface area contributed by atoms with Crippen LogP contribution in [-0.2, 0) is 19.1 Å². The molecule has 16 nitrogen and oxygen atoms in total. The van der Waals surface area contributed by atoms with Crippen LogP contribution in [0.25, 0.3) is 0 Å². The molecule has 16 heteroatoms. The minimum Gasteiger partial charge on any atom is -0.481 e. The Morgan fingerprint density at radius 2 is 1.20 bits per heavy atom. The van der Waals surface area contributed by atoms with E-state index in [-0.39, 0.29) is 42.4 Å². The molecule has 0 aromatic heterocycles. The topological polar surface area (TPSA) is 216 Å². The van der Waals surface area contributed by atoms with Gasteiger partial charge in [-0.3, -0.25) is 33.8 Å². The number of hydrogen-bond acceptors (Lipinski definition) is 12. The number of aliphatic hydroxyl groups excluding tert-OH is 3. The van der Waals surface area contributed by atoms with Gasteiger partial charge in [-0.2, -0.15) is 0 Å². The van der Waals surface area contributed by atoms with Gasteiger partial charge in [0.05, 0.1) is 19.6 Å². The molecular weight excluding hydrogens is 580 g/mol. The highest BCUT2D eigenvalue weighted by molar-refractivity contribution is 5.78. The van der Waals surface area contributed by atoms with Crippen molar-refractivity contribution in [3.8, 4) is 0 Å². The van der Waals surface area contributed by atoms with E-state index in [4.69, 9.17) is 9.84 Å². The molecule has 0 aliphatic carbocycles. The number of unbranched alkanes of at least 4 members (excludes halogenated alkanes) is 4. The third kappa shape index (κ3) is 15.8. The van der Waals surface area contributed by atoms with Crippen LogP contribution in [0.4, 0.5) is 0 Å². The first-order valence-corrected chi connectivity index (χ1v) is 15.8. The lowest BCUT2D eigenvalue weighted by atomic mass is 10.1. The molecule has 44 heavy (non-hydrogen) atoms. The van der Waals surface area contributed by atoms with Crippen molar-refractivity contribution in [2.45, 2.75) is 70.4 Å². The molecule has 2 aliphatic rings. The molecule has 0 aromatic carbocycles. The smallest absolute Gasteiger partial charge is 0.312 e. The highest BCUT2D eigenvalue weighted by atomic mass is 16.7. The van der Waals surface area contributed by atoms with Crippen LogP contribution in [0.15, 0.2) is 0 Å². The molecule has 256 valence electrons. The van der Waals surface area contributed by atoms with Crippen molar-refractivity contribution in [1.29, 1.82) is 0 Å². The molecule has 0 saturated carbocycles. The van der Waals surface area contributed by atoms with Gasteiger partial charge in [-0.15, -0.1) is 0 Å². The number of nitrogens with zero attached hydrogens (tertiary/aromatic N) is 4. The van der Waals surface area contributed by atoms with Crippen LogP contribution in [0.5, 0.6) is 0 Å². The number of aliphatic hydroxyl groups is 5. The molecule has 2 unspecified atom stereocenters. The highest BCUT2D eigenvalue weighted by Gasteiger charge is 2.46. The van der Waals surface area contributed by atoms with Crippen LogP contribution in [0.3, 0.4) is 0 Å². The maximum absolute atomic E-state index is 12.8. The summed E-state index contributed by atoms with van der Waals surface area (Å²) in [5.41, 5.74) is 0. The number of carboxylic acid groups (broad SMARTS) is 1. The number of aliphatic carboxylic acids is 1. The average Bonchev–Trinajstić information content (AvgIpc) is 2.95. The summed E-state index contributed by atoms with van der Waals surface area (Å²) in [6, 6.07) is 0. The van der Waals surface area contributed by atoms with E-state index in [0.717, 1.165) is 25.7 Å². The second kappa shape index (κ2) is 20.9. The summed E-state index contributed by atoms with van der Waals surface area (Å²) >= 11 is 0.